The predicted molar refractivity (Wildman–Crippen MR) is 77.8 cm³/mol. The number of hydrogen-bond acceptors (Lipinski definition) is 2. The summed E-state index contributed by atoms with van der Waals surface area (Å²) in [7, 11) is 0. The highest BCUT2D eigenvalue weighted by Crippen LogP contribution is 2.23. The van der Waals surface area contributed by atoms with E-state index >= 15 is 0 Å². The minimum absolute atomic E-state index is 0.195. The van der Waals surface area contributed by atoms with Crippen molar-refractivity contribution in [3.8, 4) is 0 Å². The molecule has 19 heavy (non-hydrogen) atoms. The Morgan fingerprint density at radius 1 is 1.21 bits per heavy atom. The van der Waals surface area contributed by atoms with Crippen molar-refractivity contribution in [2.75, 3.05) is 11.9 Å². The number of fused-ring (bicyclic) bond motifs is 1. The molecule has 0 aliphatic carbocycles. The number of hydrogen-bond donors (Lipinski definition) is 1. The number of rotatable bonds is 3. The van der Waals surface area contributed by atoms with Crippen molar-refractivity contribution in [2.24, 2.45) is 0 Å². The number of benzene rings is 2. The van der Waals surface area contributed by atoms with Crippen molar-refractivity contribution in [1.29, 1.82) is 0 Å². The van der Waals surface area contributed by atoms with Gasteiger partial charge in [-0.3, -0.25) is 4.79 Å². The van der Waals surface area contributed by atoms with E-state index in [2.05, 4.69) is 24.4 Å². The third-order valence-electron chi connectivity index (χ3n) is 3.58. The quantitative estimate of drug-likeness (QED) is 0.847. The minimum atomic E-state index is 0.195. The third-order valence-corrected chi connectivity index (χ3v) is 3.58. The standard InChI is InChI=1S/C17H17NO/c1-12-3-2-4-13(9-12)10-17(19)15-5-6-16-14(11-15)7-8-18-16/h2-6,9,11,18H,7-8,10H2,1H3. The second-order valence-electron chi connectivity index (χ2n) is 5.14. The minimum Gasteiger partial charge on any atom is -0.384 e. The van der Waals surface area contributed by atoms with Crippen LogP contribution in [-0.2, 0) is 12.8 Å². The van der Waals surface area contributed by atoms with Crippen molar-refractivity contribution in [3.05, 3.63) is 64.7 Å². The summed E-state index contributed by atoms with van der Waals surface area (Å²) in [5.41, 5.74) is 5.54. The van der Waals surface area contributed by atoms with Crippen LogP contribution >= 0.6 is 0 Å². The Kier molecular flexibility index (Phi) is 3.08. The first-order valence-electron chi connectivity index (χ1n) is 6.68. The van der Waals surface area contributed by atoms with Crippen LogP contribution in [0.15, 0.2) is 42.5 Å². The highest BCUT2D eigenvalue weighted by molar-refractivity contribution is 5.98. The van der Waals surface area contributed by atoms with Crippen molar-refractivity contribution >= 4 is 11.5 Å². The van der Waals surface area contributed by atoms with E-state index in [9.17, 15) is 4.79 Å². The fourth-order valence-corrected chi connectivity index (χ4v) is 2.59. The van der Waals surface area contributed by atoms with Gasteiger partial charge < -0.3 is 5.32 Å². The molecule has 1 aliphatic rings. The number of Topliss-reactive ketones (excluding diaryl/α,β-unsaturated/α-hetero) is 1. The van der Waals surface area contributed by atoms with Gasteiger partial charge in [0, 0.05) is 24.2 Å². The summed E-state index contributed by atoms with van der Waals surface area (Å²) < 4.78 is 0. The molecule has 0 bridgehead atoms. The number of aryl methyl sites for hydroxylation is 1. The third kappa shape index (κ3) is 2.53. The highest BCUT2D eigenvalue weighted by Gasteiger charge is 2.13. The second kappa shape index (κ2) is 4.88. The molecule has 0 unspecified atom stereocenters. The average molecular weight is 251 g/mol. The van der Waals surface area contributed by atoms with Crippen molar-refractivity contribution in [2.45, 2.75) is 19.8 Å². The molecule has 1 aliphatic heterocycles. The summed E-state index contributed by atoms with van der Waals surface area (Å²) in [6.45, 7) is 3.03. The lowest BCUT2D eigenvalue weighted by Crippen LogP contribution is -2.04. The van der Waals surface area contributed by atoms with Gasteiger partial charge in [-0.1, -0.05) is 29.8 Å². The Morgan fingerprint density at radius 2 is 2.11 bits per heavy atom. The summed E-state index contributed by atoms with van der Waals surface area (Å²) in [6.07, 6.45) is 1.49. The van der Waals surface area contributed by atoms with Gasteiger partial charge in [-0.15, -0.1) is 0 Å². The number of ketones is 1. The van der Waals surface area contributed by atoms with Crippen LogP contribution < -0.4 is 5.32 Å². The summed E-state index contributed by atoms with van der Waals surface area (Å²) in [4.78, 5) is 12.3. The van der Waals surface area contributed by atoms with Gasteiger partial charge in [0.2, 0.25) is 0 Å². The van der Waals surface area contributed by atoms with E-state index in [-0.39, 0.29) is 5.78 Å². The zero-order chi connectivity index (χ0) is 13.2. The lowest BCUT2D eigenvalue weighted by Gasteiger charge is -2.05. The Bertz CT molecular complexity index is 631. The molecular formula is C17H17NO. The van der Waals surface area contributed by atoms with Gasteiger partial charge in [-0.2, -0.15) is 0 Å². The Hall–Kier alpha value is -2.09. The SMILES string of the molecule is Cc1cccc(CC(=O)c2ccc3c(c2)CCN3)c1. The summed E-state index contributed by atoms with van der Waals surface area (Å²) in [5.74, 6) is 0.195. The number of nitrogens with one attached hydrogen (secondary N) is 1. The Balaban J connectivity index is 1.81. The van der Waals surface area contributed by atoms with E-state index in [0.717, 1.165) is 24.1 Å². The zero-order valence-corrected chi connectivity index (χ0v) is 11.1. The average Bonchev–Trinajstić information content (AvgIpc) is 2.85. The highest BCUT2D eigenvalue weighted by atomic mass is 16.1. The molecule has 2 aromatic carbocycles. The predicted octanol–water partition coefficient (Wildman–Crippen LogP) is 3.39. The molecule has 0 radical (unpaired) electrons. The fourth-order valence-electron chi connectivity index (χ4n) is 2.59. The van der Waals surface area contributed by atoms with Gasteiger partial charge in [-0.05, 0) is 42.7 Å². The molecule has 2 nitrogen and oxygen atoms in total. The van der Waals surface area contributed by atoms with Gasteiger partial charge in [0.1, 0.15) is 0 Å². The van der Waals surface area contributed by atoms with Crippen LogP contribution in [0.1, 0.15) is 27.0 Å². The molecule has 2 aromatic rings. The van der Waals surface area contributed by atoms with E-state index in [1.165, 1.54) is 16.8 Å². The second-order valence-corrected chi connectivity index (χ2v) is 5.14. The van der Waals surface area contributed by atoms with E-state index in [4.69, 9.17) is 0 Å². The van der Waals surface area contributed by atoms with Gasteiger partial charge in [-0.25, -0.2) is 0 Å². The normalized spacial score (nSPS) is 12.9. The molecule has 2 heteroatoms. The molecule has 0 amide bonds. The van der Waals surface area contributed by atoms with Gasteiger partial charge in [0.15, 0.2) is 5.78 Å². The molecule has 1 N–H and O–H groups in total. The van der Waals surface area contributed by atoms with Crippen molar-refractivity contribution in [3.63, 3.8) is 0 Å². The summed E-state index contributed by atoms with van der Waals surface area (Å²) >= 11 is 0. The first kappa shape index (κ1) is 12.0. The first-order valence-corrected chi connectivity index (χ1v) is 6.68. The van der Waals surface area contributed by atoms with E-state index < -0.39 is 0 Å². The number of carbonyl (C=O) groups excluding carboxylic acids is 1. The maximum atomic E-state index is 12.3. The maximum absolute atomic E-state index is 12.3. The number of anilines is 1. The molecule has 1 heterocycles. The summed E-state index contributed by atoms with van der Waals surface area (Å²) in [6, 6.07) is 14.1. The maximum Gasteiger partial charge on any atom is 0.167 e. The first-order chi connectivity index (χ1) is 9.22. The summed E-state index contributed by atoms with van der Waals surface area (Å²) in [5, 5.41) is 3.31. The van der Waals surface area contributed by atoms with Gasteiger partial charge in [0.05, 0.1) is 0 Å². The van der Waals surface area contributed by atoms with Crippen molar-refractivity contribution in [1.82, 2.24) is 0 Å². The van der Waals surface area contributed by atoms with E-state index in [1.54, 1.807) is 0 Å². The molecule has 0 aromatic heterocycles. The molecule has 0 atom stereocenters. The lowest BCUT2D eigenvalue weighted by molar-refractivity contribution is 0.0993. The van der Waals surface area contributed by atoms with Gasteiger partial charge in [0.25, 0.3) is 0 Å². The fraction of sp³-hybridized carbons (Fsp3) is 0.235. The lowest BCUT2D eigenvalue weighted by atomic mass is 9.99. The van der Waals surface area contributed by atoms with E-state index in [0.29, 0.717) is 6.42 Å². The van der Waals surface area contributed by atoms with Crippen LogP contribution in [0, 0.1) is 6.92 Å². The molecule has 0 saturated carbocycles. The molecule has 3 rings (SSSR count). The van der Waals surface area contributed by atoms with E-state index in [1.807, 2.05) is 30.3 Å². The van der Waals surface area contributed by atoms with Crippen LogP contribution in [0.2, 0.25) is 0 Å². The molecule has 0 spiro atoms. The molecular weight excluding hydrogens is 234 g/mol. The molecule has 96 valence electrons. The van der Waals surface area contributed by atoms with Crippen LogP contribution in [0.3, 0.4) is 0 Å². The zero-order valence-electron chi connectivity index (χ0n) is 11.1. The van der Waals surface area contributed by atoms with Crippen LogP contribution in [0.5, 0.6) is 0 Å². The van der Waals surface area contributed by atoms with Gasteiger partial charge >= 0.3 is 0 Å². The van der Waals surface area contributed by atoms with Crippen LogP contribution in [0.25, 0.3) is 0 Å². The monoisotopic (exact) mass is 251 g/mol. The largest absolute Gasteiger partial charge is 0.384 e. The van der Waals surface area contributed by atoms with Crippen molar-refractivity contribution < 1.29 is 4.79 Å². The topological polar surface area (TPSA) is 29.1 Å². The Labute approximate surface area is 113 Å². The molecule has 0 saturated heterocycles. The number of carbonyl (C=O) groups is 1. The van der Waals surface area contributed by atoms with Crippen LogP contribution in [-0.4, -0.2) is 12.3 Å². The Morgan fingerprint density at radius 3 is 2.95 bits per heavy atom. The smallest absolute Gasteiger partial charge is 0.167 e. The van der Waals surface area contributed by atoms with Crippen LogP contribution in [0.4, 0.5) is 5.69 Å². The molecule has 0 fully saturated rings.